The normalized spacial score (nSPS) is 9.50. The predicted octanol–water partition coefficient (Wildman–Crippen LogP) is 2.27. The molecule has 0 fully saturated rings. The molecular weight excluding hydrogens is 154 g/mol. The lowest BCUT2D eigenvalue weighted by Gasteiger charge is -2.07. The van der Waals surface area contributed by atoms with Crippen LogP contribution >= 0.6 is 0 Å². The fourth-order valence-electron chi connectivity index (χ4n) is 1.20. The van der Waals surface area contributed by atoms with E-state index < -0.39 is 0 Å². The van der Waals surface area contributed by atoms with Crippen LogP contribution in [-0.2, 0) is 6.54 Å². The van der Waals surface area contributed by atoms with Crippen LogP contribution < -0.4 is 4.74 Å². The molecule has 1 aromatic carbocycles. The molecule has 64 valence electrons. The van der Waals surface area contributed by atoms with E-state index >= 15 is 0 Å². The molecule has 0 saturated heterocycles. The van der Waals surface area contributed by atoms with Crippen LogP contribution in [0.2, 0.25) is 0 Å². The third-order valence-electron chi connectivity index (χ3n) is 1.73. The summed E-state index contributed by atoms with van der Waals surface area (Å²) >= 11 is 0. The highest BCUT2D eigenvalue weighted by atomic mass is 16.5. The number of nitrogens with zero attached hydrogens (tertiary/aromatic N) is 1. The molecule has 0 spiro atoms. The van der Waals surface area contributed by atoms with E-state index in [-0.39, 0.29) is 6.54 Å². The van der Waals surface area contributed by atoms with Gasteiger partial charge in [-0.15, -0.1) is 0 Å². The van der Waals surface area contributed by atoms with Crippen molar-refractivity contribution >= 4 is 0 Å². The van der Waals surface area contributed by atoms with Gasteiger partial charge in [-0.25, -0.2) is 0 Å². The summed E-state index contributed by atoms with van der Waals surface area (Å²) < 4.78 is 5.13. The van der Waals surface area contributed by atoms with Gasteiger partial charge in [-0.2, -0.15) is 4.91 Å². The number of hydrogen-bond donors (Lipinski definition) is 0. The molecule has 0 amide bonds. The fourth-order valence-corrected chi connectivity index (χ4v) is 1.20. The van der Waals surface area contributed by atoms with E-state index in [4.69, 9.17) is 4.74 Å². The first-order valence-corrected chi connectivity index (χ1v) is 3.71. The molecule has 0 saturated carbocycles. The van der Waals surface area contributed by atoms with Gasteiger partial charge in [-0.3, -0.25) is 0 Å². The molecule has 12 heavy (non-hydrogen) atoms. The summed E-state index contributed by atoms with van der Waals surface area (Å²) in [5.74, 6) is 0.761. The number of nitroso groups, excluding NO2 is 1. The molecule has 1 rings (SSSR count). The zero-order valence-electron chi connectivity index (χ0n) is 7.20. The van der Waals surface area contributed by atoms with Crippen molar-refractivity contribution in [2.24, 2.45) is 5.18 Å². The van der Waals surface area contributed by atoms with Crippen molar-refractivity contribution in [1.82, 2.24) is 0 Å². The Labute approximate surface area is 71.3 Å². The van der Waals surface area contributed by atoms with Gasteiger partial charge in [-0.1, -0.05) is 23.4 Å². The topological polar surface area (TPSA) is 38.7 Å². The number of ether oxygens (including phenoxy) is 1. The van der Waals surface area contributed by atoms with Crippen LogP contribution in [0.5, 0.6) is 5.75 Å². The quantitative estimate of drug-likeness (QED) is 0.644. The average molecular weight is 165 g/mol. The van der Waals surface area contributed by atoms with Gasteiger partial charge in [0.1, 0.15) is 12.3 Å². The maximum absolute atomic E-state index is 10.0. The molecule has 0 atom stereocenters. The van der Waals surface area contributed by atoms with E-state index in [9.17, 15) is 4.91 Å². The third-order valence-corrected chi connectivity index (χ3v) is 1.73. The minimum atomic E-state index is 0.171. The van der Waals surface area contributed by atoms with Crippen LogP contribution in [0.3, 0.4) is 0 Å². The summed E-state index contributed by atoms with van der Waals surface area (Å²) in [4.78, 5) is 10.0. The van der Waals surface area contributed by atoms with E-state index in [0.29, 0.717) is 0 Å². The van der Waals surface area contributed by atoms with Crippen molar-refractivity contribution in [2.75, 3.05) is 7.11 Å². The number of para-hydroxylation sites is 1. The average Bonchev–Trinajstić information content (AvgIpc) is 2.05. The van der Waals surface area contributed by atoms with Gasteiger partial charge in [0.15, 0.2) is 0 Å². The van der Waals surface area contributed by atoms with Crippen LogP contribution in [0.15, 0.2) is 23.4 Å². The Bertz CT molecular complexity index is 284. The van der Waals surface area contributed by atoms with Crippen LogP contribution in [0.25, 0.3) is 0 Å². The first-order valence-electron chi connectivity index (χ1n) is 3.71. The molecule has 0 aliphatic carbocycles. The standard InChI is InChI=1S/C9H11NO2/c1-7-4-3-5-8(6-10-11)9(7)12-2/h3-5H,6H2,1-2H3. The van der Waals surface area contributed by atoms with Crippen LogP contribution in [0.4, 0.5) is 0 Å². The second-order valence-corrected chi connectivity index (χ2v) is 2.55. The number of rotatable bonds is 3. The zero-order chi connectivity index (χ0) is 8.97. The van der Waals surface area contributed by atoms with E-state index in [2.05, 4.69) is 5.18 Å². The maximum atomic E-state index is 10.0. The van der Waals surface area contributed by atoms with Gasteiger partial charge < -0.3 is 4.74 Å². The van der Waals surface area contributed by atoms with Crippen molar-refractivity contribution in [3.05, 3.63) is 34.2 Å². The molecule has 0 bridgehead atoms. The van der Waals surface area contributed by atoms with Crippen molar-refractivity contribution in [2.45, 2.75) is 13.5 Å². The van der Waals surface area contributed by atoms with Crippen molar-refractivity contribution in [3.63, 3.8) is 0 Å². The van der Waals surface area contributed by atoms with Gasteiger partial charge in [0.05, 0.1) is 7.11 Å². The van der Waals surface area contributed by atoms with Crippen LogP contribution in [-0.4, -0.2) is 7.11 Å². The highest BCUT2D eigenvalue weighted by molar-refractivity contribution is 5.40. The monoisotopic (exact) mass is 165 g/mol. The smallest absolute Gasteiger partial charge is 0.126 e. The summed E-state index contributed by atoms with van der Waals surface area (Å²) in [6, 6.07) is 5.67. The lowest BCUT2D eigenvalue weighted by atomic mass is 10.1. The summed E-state index contributed by atoms with van der Waals surface area (Å²) in [6.45, 7) is 2.11. The van der Waals surface area contributed by atoms with E-state index in [1.54, 1.807) is 7.11 Å². The van der Waals surface area contributed by atoms with Crippen LogP contribution in [0.1, 0.15) is 11.1 Å². The summed E-state index contributed by atoms with van der Waals surface area (Å²) in [5, 5.41) is 2.83. The van der Waals surface area contributed by atoms with Gasteiger partial charge in [0.2, 0.25) is 0 Å². The SMILES string of the molecule is COc1c(C)cccc1CN=O. The molecule has 0 radical (unpaired) electrons. The third kappa shape index (κ3) is 1.61. The van der Waals surface area contributed by atoms with Crippen molar-refractivity contribution in [1.29, 1.82) is 0 Å². The Hall–Kier alpha value is -1.38. The molecule has 3 nitrogen and oxygen atoms in total. The first kappa shape index (κ1) is 8.71. The number of methoxy groups -OCH3 is 1. The molecule has 0 heterocycles. The van der Waals surface area contributed by atoms with Crippen LogP contribution in [0, 0.1) is 11.8 Å². The van der Waals surface area contributed by atoms with Gasteiger partial charge >= 0.3 is 0 Å². The van der Waals surface area contributed by atoms with Gasteiger partial charge in [0.25, 0.3) is 0 Å². The van der Waals surface area contributed by atoms with Crippen molar-refractivity contribution < 1.29 is 4.74 Å². The Morgan fingerprint density at radius 3 is 2.83 bits per heavy atom. The molecular formula is C9H11NO2. The Morgan fingerprint density at radius 1 is 1.50 bits per heavy atom. The van der Waals surface area contributed by atoms with E-state index in [1.807, 2.05) is 25.1 Å². The zero-order valence-corrected chi connectivity index (χ0v) is 7.20. The molecule has 0 aromatic heterocycles. The molecule has 0 aliphatic heterocycles. The lowest BCUT2D eigenvalue weighted by Crippen LogP contribution is -1.92. The lowest BCUT2D eigenvalue weighted by molar-refractivity contribution is 0.406. The molecule has 0 N–H and O–H groups in total. The fraction of sp³-hybridized carbons (Fsp3) is 0.333. The van der Waals surface area contributed by atoms with E-state index in [1.165, 1.54) is 0 Å². The second-order valence-electron chi connectivity index (χ2n) is 2.55. The second kappa shape index (κ2) is 3.85. The highest BCUT2D eigenvalue weighted by Crippen LogP contribution is 2.23. The van der Waals surface area contributed by atoms with Crippen molar-refractivity contribution in [3.8, 4) is 5.75 Å². The largest absolute Gasteiger partial charge is 0.496 e. The minimum absolute atomic E-state index is 0.171. The maximum Gasteiger partial charge on any atom is 0.126 e. The summed E-state index contributed by atoms with van der Waals surface area (Å²) in [7, 11) is 1.59. The number of aryl methyl sites for hydroxylation is 1. The highest BCUT2D eigenvalue weighted by Gasteiger charge is 2.04. The summed E-state index contributed by atoms with van der Waals surface area (Å²) in [6.07, 6.45) is 0. The predicted molar refractivity (Wildman–Crippen MR) is 47.2 cm³/mol. The number of benzene rings is 1. The summed E-state index contributed by atoms with van der Waals surface area (Å²) in [5.41, 5.74) is 1.87. The number of hydrogen-bond acceptors (Lipinski definition) is 3. The Morgan fingerprint density at radius 2 is 2.25 bits per heavy atom. The van der Waals surface area contributed by atoms with Gasteiger partial charge in [0, 0.05) is 5.56 Å². The molecule has 0 aliphatic rings. The minimum Gasteiger partial charge on any atom is -0.496 e. The van der Waals surface area contributed by atoms with E-state index in [0.717, 1.165) is 16.9 Å². The Kier molecular flexibility index (Phi) is 2.80. The molecule has 3 heteroatoms. The Balaban J connectivity index is 3.08. The first-order chi connectivity index (χ1) is 5.79. The molecule has 0 unspecified atom stereocenters. The van der Waals surface area contributed by atoms with Gasteiger partial charge in [-0.05, 0) is 12.5 Å². The molecule has 1 aromatic rings.